The van der Waals surface area contributed by atoms with Gasteiger partial charge in [-0.2, -0.15) is 0 Å². The van der Waals surface area contributed by atoms with Crippen LogP contribution in [0.15, 0.2) is 28.9 Å². The predicted molar refractivity (Wildman–Crippen MR) is 54.2 cm³/mol. The highest BCUT2D eigenvalue weighted by Crippen LogP contribution is 2.28. The first-order valence-electron chi connectivity index (χ1n) is 4.63. The van der Waals surface area contributed by atoms with Crippen LogP contribution in [0, 0.1) is 0 Å². The fourth-order valence-electron chi connectivity index (χ4n) is 1.39. The number of phenols is 1. The van der Waals surface area contributed by atoms with Gasteiger partial charge in [-0.1, -0.05) is 17.3 Å². The molecule has 0 unspecified atom stereocenters. The molecule has 0 fully saturated rings. The molecule has 78 valence electrons. The van der Waals surface area contributed by atoms with E-state index in [9.17, 15) is 5.11 Å². The highest BCUT2D eigenvalue weighted by molar-refractivity contribution is 5.67. The summed E-state index contributed by atoms with van der Waals surface area (Å²) in [6.07, 6.45) is 0.577. The standard InChI is InChI=1S/C10H11N3O2/c11-6-5-8-10(13-15-12-8)7-3-1-2-4-9(7)14/h1-4,14H,5-6,11H2. The Morgan fingerprint density at radius 3 is 2.80 bits per heavy atom. The lowest BCUT2D eigenvalue weighted by Gasteiger charge is -2.00. The van der Waals surface area contributed by atoms with Gasteiger partial charge >= 0.3 is 0 Å². The lowest BCUT2D eigenvalue weighted by Crippen LogP contribution is -2.04. The number of phenolic OH excluding ortho intramolecular Hbond substituents is 1. The van der Waals surface area contributed by atoms with Crippen molar-refractivity contribution in [3.05, 3.63) is 30.0 Å². The Labute approximate surface area is 86.5 Å². The average Bonchev–Trinajstić information content (AvgIpc) is 2.67. The van der Waals surface area contributed by atoms with Crippen molar-refractivity contribution in [1.82, 2.24) is 10.3 Å². The van der Waals surface area contributed by atoms with E-state index in [1.807, 2.05) is 6.07 Å². The molecule has 0 spiro atoms. The number of aromatic hydroxyl groups is 1. The average molecular weight is 205 g/mol. The number of aromatic nitrogens is 2. The summed E-state index contributed by atoms with van der Waals surface area (Å²) in [4.78, 5) is 0. The van der Waals surface area contributed by atoms with E-state index >= 15 is 0 Å². The van der Waals surface area contributed by atoms with Gasteiger partial charge in [-0.25, -0.2) is 4.63 Å². The van der Waals surface area contributed by atoms with E-state index < -0.39 is 0 Å². The Morgan fingerprint density at radius 2 is 2.07 bits per heavy atom. The topological polar surface area (TPSA) is 85.2 Å². The Bertz CT molecular complexity index is 453. The first-order chi connectivity index (χ1) is 7.33. The van der Waals surface area contributed by atoms with Crippen LogP contribution in [0.25, 0.3) is 11.3 Å². The summed E-state index contributed by atoms with van der Waals surface area (Å²) in [7, 11) is 0. The minimum atomic E-state index is 0.159. The number of para-hydroxylation sites is 1. The number of rotatable bonds is 3. The number of hydrogen-bond acceptors (Lipinski definition) is 5. The van der Waals surface area contributed by atoms with Gasteiger partial charge in [-0.15, -0.1) is 0 Å². The predicted octanol–water partition coefficient (Wildman–Crippen LogP) is 0.943. The second-order valence-electron chi connectivity index (χ2n) is 3.12. The first kappa shape index (κ1) is 9.67. The van der Waals surface area contributed by atoms with Gasteiger partial charge in [0.15, 0.2) is 0 Å². The van der Waals surface area contributed by atoms with Gasteiger partial charge in [-0.3, -0.25) is 0 Å². The molecule has 0 atom stereocenters. The van der Waals surface area contributed by atoms with Crippen LogP contribution in [0.5, 0.6) is 5.75 Å². The minimum Gasteiger partial charge on any atom is -0.507 e. The van der Waals surface area contributed by atoms with E-state index in [0.717, 1.165) is 0 Å². The monoisotopic (exact) mass is 205 g/mol. The molecule has 0 aliphatic carbocycles. The number of benzene rings is 1. The second kappa shape index (κ2) is 4.10. The molecule has 0 saturated heterocycles. The molecule has 0 saturated carbocycles. The van der Waals surface area contributed by atoms with Gasteiger partial charge in [0.05, 0.1) is 0 Å². The minimum absolute atomic E-state index is 0.159. The molecule has 0 amide bonds. The maximum Gasteiger partial charge on any atom is 0.142 e. The third-order valence-corrected chi connectivity index (χ3v) is 2.10. The lowest BCUT2D eigenvalue weighted by atomic mass is 10.1. The van der Waals surface area contributed by atoms with Gasteiger partial charge in [0, 0.05) is 12.0 Å². The molecule has 2 aromatic rings. The van der Waals surface area contributed by atoms with Crippen LogP contribution < -0.4 is 5.73 Å². The van der Waals surface area contributed by atoms with Gasteiger partial charge in [0.2, 0.25) is 0 Å². The van der Waals surface area contributed by atoms with Crippen molar-refractivity contribution in [3.8, 4) is 17.0 Å². The summed E-state index contributed by atoms with van der Waals surface area (Å²) in [6.45, 7) is 0.467. The maximum absolute atomic E-state index is 9.63. The van der Waals surface area contributed by atoms with Crippen molar-refractivity contribution < 1.29 is 9.74 Å². The van der Waals surface area contributed by atoms with Gasteiger partial charge < -0.3 is 10.8 Å². The van der Waals surface area contributed by atoms with Crippen molar-refractivity contribution in [1.29, 1.82) is 0 Å². The van der Waals surface area contributed by atoms with Crippen molar-refractivity contribution in [3.63, 3.8) is 0 Å². The molecule has 1 heterocycles. The van der Waals surface area contributed by atoms with Crippen molar-refractivity contribution in [2.45, 2.75) is 6.42 Å². The first-order valence-corrected chi connectivity index (χ1v) is 4.63. The summed E-state index contributed by atoms with van der Waals surface area (Å²) >= 11 is 0. The molecule has 0 radical (unpaired) electrons. The van der Waals surface area contributed by atoms with Crippen LogP contribution in [0.3, 0.4) is 0 Å². The SMILES string of the molecule is NCCc1nonc1-c1ccccc1O. The zero-order valence-electron chi connectivity index (χ0n) is 8.05. The highest BCUT2D eigenvalue weighted by atomic mass is 16.6. The van der Waals surface area contributed by atoms with Crippen LogP contribution in [0.1, 0.15) is 5.69 Å². The molecule has 5 heteroatoms. The Morgan fingerprint density at radius 1 is 1.27 bits per heavy atom. The molecule has 5 nitrogen and oxygen atoms in total. The summed E-state index contributed by atoms with van der Waals surface area (Å²) < 4.78 is 4.64. The molecular weight excluding hydrogens is 194 g/mol. The van der Waals surface area contributed by atoms with Crippen LogP contribution in [-0.4, -0.2) is 22.0 Å². The van der Waals surface area contributed by atoms with Gasteiger partial charge in [-0.05, 0) is 23.8 Å². The van der Waals surface area contributed by atoms with Crippen LogP contribution in [0.2, 0.25) is 0 Å². The Balaban J connectivity index is 2.45. The second-order valence-corrected chi connectivity index (χ2v) is 3.12. The van der Waals surface area contributed by atoms with E-state index in [0.29, 0.717) is 29.9 Å². The quantitative estimate of drug-likeness (QED) is 0.779. The normalized spacial score (nSPS) is 10.5. The zero-order valence-corrected chi connectivity index (χ0v) is 8.05. The highest BCUT2D eigenvalue weighted by Gasteiger charge is 2.14. The molecule has 0 aliphatic rings. The number of hydrogen-bond donors (Lipinski definition) is 2. The number of nitrogens with two attached hydrogens (primary N) is 1. The largest absolute Gasteiger partial charge is 0.507 e. The fourth-order valence-corrected chi connectivity index (χ4v) is 1.39. The Hall–Kier alpha value is -1.88. The fraction of sp³-hybridized carbons (Fsp3) is 0.200. The van der Waals surface area contributed by atoms with Gasteiger partial charge in [0.1, 0.15) is 17.1 Å². The van der Waals surface area contributed by atoms with E-state index in [2.05, 4.69) is 14.9 Å². The van der Waals surface area contributed by atoms with E-state index in [1.54, 1.807) is 18.2 Å². The molecule has 0 bridgehead atoms. The molecule has 15 heavy (non-hydrogen) atoms. The van der Waals surface area contributed by atoms with Crippen LogP contribution >= 0.6 is 0 Å². The van der Waals surface area contributed by atoms with E-state index in [1.165, 1.54) is 0 Å². The molecule has 1 aromatic carbocycles. The molecule has 1 aromatic heterocycles. The molecule has 2 rings (SSSR count). The summed E-state index contributed by atoms with van der Waals surface area (Å²) in [5.74, 6) is 0.159. The lowest BCUT2D eigenvalue weighted by molar-refractivity contribution is 0.304. The molecule has 3 N–H and O–H groups in total. The smallest absolute Gasteiger partial charge is 0.142 e. The maximum atomic E-state index is 9.63. The third kappa shape index (κ3) is 1.82. The molecular formula is C10H11N3O2. The van der Waals surface area contributed by atoms with E-state index in [-0.39, 0.29) is 5.75 Å². The third-order valence-electron chi connectivity index (χ3n) is 2.10. The summed E-state index contributed by atoms with van der Waals surface area (Å²) in [6, 6.07) is 6.91. The van der Waals surface area contributed by atoms with Crippen molar-refractivity contribution in [2.24, 2.45) is 5.73 Å². The van der Waals surface area contributed by atoms with Crippen LogP contribution in [0.4, 0.5) is 0 Å². The summed E-state index contributed by atoms with van der Waals surface area (Å²) in [5, 5.41) is 17.1. The number of nitrogens with zero attached hydrogens (tertiary/aromatic N) is 2. The van der Waals surface area contributed by atoms with Crippen LogP contribution in [-0.2, 0) is 6.42 Å². The van der Waals surface area contributed by atoms with Crippen molar-refractivity contribution in [2.75, 3.05) is 6.54 Å². The van der Waals surface area contributed by atoms with Crippen molar-refractivity contribution >= 4 is 0 Å². The van der Waals surface area contributed by atoms with E-state index in [4.69, 9.17) is 5.73 Å². The Kier molecular flexibility index (Phi) is 2.64. The zero-order chi connectivity index (χ0) is 10.7. The molecule has 0 aliphatic heterocycles. The summed E-state index contributed by atoms with van der Waals surface area (Å²) in [5.41, 5.74) is 7.27. The van der Waals surface area contributed by atoms with Gasteiger partial charge in [0.25, 0.3) is 0 Å².